The maximum absolute atomic E-state index is 5.83. The van der Waals surface area contributed by atoms with Crippen LogP contribution in [-0.4, -0.2) is 14.3 Å². The number of ether oxygens (including phenoxy) is 1. The standard InChI is InChI=1S/C12H10OSi/c1-3-7-11-9(5-1)13-10-6-2-4-8-12(10)14-11/h1-7,14H,8H2. The van der Waals surface area contributed by atoms with Crippen molar-refractivity contribution in [3.05, 3.63) is 48.3 Å². The molecule has 0 spiro atoms. The van der Waals surface area contributed by atoms with Crippen LogP contribution < -0.4 is 9.92 Å². The van der Waals surface area contributed by atoms with E-state index in [0.29, 0.717) is 0 Å². The molecule has 3 rings (SSSR count). The fraction of sp³-hybridized carbons (Fsp3) is 0.0833. The van der Waals surface area contributed by atoms with E-state index in [-0.39, 0.29) is 9.13 Å². The molecule has 2 heteroatoms. The van der Waals surface area contributed by atoms with E-state index in [1.54, 1.807) is 0 Å². The summed E-state index contributed by atoms with van der Waals surface area (Å²) in [6.07, 6.45) is 7.41. The normalized spacial score (nSPS) is 17.4. The highest BCUT2D eigenvalue weighted by Crippen LogP contribution is 2.18. The van der Waals surface area contributed by atoms with Crippen molar-refractivity contribution in [2.75, 3.05) is 0 Å². The Balaban J connectivity index is 2.15. The molecule has 0 unspecified atom stereocenters. The molecule has 0 saturated carbocycles. The average molecular weight is 198 g/mol. The lowest BCUT2D eigenvalue weighted by Crippen LogP contribution is -2.28. The summed E-state index contributed by atoms with van der Waals surface area (Å²) in [5.41, 5.74) is 0. The van der Waals surface area contributed by atoms with Crippen LogP contribution >= 0.6 is 0 Å². The summed E-state index contributed by atoms with van der Waals surface area (Å²) in [5.74, 6) is 2.13. The summed E-state index contributed by atoms with van der Waals surface area (Å²) in [7, 11) is 0.255. The van der Waals surface area contributed by atoms with Gasteiger partial charge in [0.15, 0.2) is 0 Å². The zero-order valence-electron chi connectivity index (χ0n) is 7.73. The first-order chi connectivity index (χ1) is 6.93. The van der Waals surface area contributed by atoms with Crippen molar-refractivity contribution >= 4 is 19.5 Å². The number of allylic oxidation sites excluding steroid dienone is 4. The molecule has 0 fully saturated rings. The van der Waals surface area contributed by atoms with E-state index < -0.39 is 0 Å². The fourth-order valence-electron chi connectivity index (χ4n) is 1.79. The van der Waals surface area contributed by atoms with Gasteiger partial charge in [0.25, 0.3) is 0 Å². The first-order valence-electron chi connectivity index (χ1n) is 4.78. The lowest BCUT2D eigenvalue weighted by molar-refractivity contribution is 0.455. The van der Waals surface area contributed by atoms with Crippen LogP contribution in [0.5, 0.6) is 5.75 Å². The second-order valence-corrected chi connectivity index (χ2v) is 5.08. The van der Waals surface area contributed by atoms with Gasteiger partial charge in [-0.1, -0.05) is 30.4 Å². The third-order valence-electron chi connectivity index (χ3n) is 2.51. The summed E-state index contributed by atoms with van der Waals surface area (Å²) in [6, 6.07) is 8.34. The van der Waals surface area contributed by atoms with Gasteiger partial charge in [-0.15, -0.1) is 0 Å². The lowest BCUT2D eigenvalue weighted by Gasteiger charge is -2.21. The quantitative estimate of drug-likeness (QED) is 0.568. The summed E-state index contributed by atoms with van der Waals surface area (Å²) >= 11 is 0. The zero-order valence-corrected chi connectivity index (χ0v) is 8.89. The topological polar surface area (TPSA) is 9.23 Å². The van der Waals surface area contributed by atoms with Crippen molar-refractivity contribution < 1.29 is 4.74 Å². The zero-order chi connectivity index (χ0) is 9.38. The Labute approximate surface area is 85.2 Å². The maximum atomic E-state index is 5.83. The Morgan fingerprint density at radius 2 is 2.14 bits per heavy atom. The van der Waals surface area contributed by atoms with Crippen molar-refractivity contribution in [2.45, 2.75) is 6.42 Å². The van der Waals surface area contributed by atoms with Crippen LogP contribution in [0.15, 0.2) is 48.3 Å². The van der Waals surface area contributed by atoms with Gasteiger partial charge < -0.3 is 4.74 Å². The Bertz CT molecular complexity index is 469. The SMILES string of the molecule is C1=CCC2=[SiH]c3ccccc3OC2=C1. The highest BCUT2D eigenvalue weighted by molar-refractivity contribution is 6.70. The van der Waals surface area contributed by atoms with Crippen LogP contribution in [0.3, 0.4) is 0 Å². The monoisotopic (exact) mass is 198 g/mol. The fourth-order valence-corrected chi connectivity index (χ4v) is 3.22. The molecule has 0 amide bonds. The van der Waals surface area contributed by atoms with E-state index in [1.165, 1.54) is 10.4 Å². The molecule has 1 aromatic carbocycles. The first-order valence-corrected chi connectivity index (χ1v) is 5.93. The molecule has 0 bridgehead atoms. The summed E-state index contributed by atoms with van der Waals surface area (Å²) < 4.78 is 5.83. The maximum Gasteiger partial charge on any atom is 0.129 e. The minimum Gasteiger partial charge on any atom is -0.457 e. The molecule has 0 atom stereocenters. The largest absolute Gasteiger partial charge is 0.457 e. The molecule has 1 aromatic rings. The summed E-state index contributed by atoms with van der Waals surface area (Å²) in [4.78, 5) is 0. The van der Waals surface area contributed by atoms with Crippen molar-refractivity contribution in [3.8, 4) is 5.75 Å². The van der Waals surface area contributed by atoms with Crippen LogP contribution in [0, 0.1) is 0 Å². The van der Waals surface area contributed by atoms with E-state index in [9.17, 15) is 0 Å². The Kier molecular flexibility index (Phi) is 1.74. The van der Waals surface area contributed by atoms with Gasteiger partial charge in [-0.2, -0.15) is 0 Å². The van der Waals surface area contributed by atoms with Crippen molar-refractivity contribution in [1.82, 2.24) is 0 Å². The molecule has 14 heavy (non-hydrogen) atoms. The van der Waals surface area contributed by atoms with Crippen molar-refractivity contribution in [2.24, 2.45) is 0 Å². The number of hydrogen-bond donors (Lipinski definition) is 0. The first kappa shape index (κ1) is 7.94. The van der Waals surface area contributed by atoms with Crippen molar-refractivity contribution in [1.29, 1.82) is 0 Å². The molecule has 1 heterocycles. The van der Waals surface area contributed by atoms with E-state index in [1.807, 2.05) is 6.07 Å². The van der Waals surface area contributed by atoms with E-state index >= 15 is 0 Å². The molecule has 1 aliphatic carbocycles. The summed E-state index contributed by atoms with van der Waals surface area (Å²) in [5, 5.41) is 2.86. The van der Waals surface area contributed by atoms with Gasteiger partial charge in [-0.3, -0.25) is 0 Å². The Morgan fingerprint density at radius 1 is 1.21 bits per heavy atom. The highest BCUT2D eigenvalue weighted by atomic mass is 28.2. The van der Waals surface area contributed by atoms with Gasteiger partial charge in [0.2, 0.25) is 0 Å². The van der Waals surface area contributed by atoms with Crippen LogP contribution in [-0.2, 0) is 0 Å². The van der Waals surface area contributed by atoms with Gasteiger partial charge >= 0.3 is 0 Å². The van der Waals surface area contributed by atoms with E-state index in [4.69, 9.17) is 4.74 Å². The third kappa shape index (κ3) is 1.19. The van der Waals surface area contributed by atoms with Gasteiger partial charge in [0.05, 0.1) is 0 Å². The van der Waals surface area contributed by atoms with Gasteiger partial charge in [0.1, 0.15) is 11.5 Å². The van der Waals surface area contributed by atoms with Crippen LogP contribution in [0.4, 0.5) is 0 Å². The molecule has 2 aliphatic rings. The molecular formula is C12H10OSi. The van der Waals surface area contributed by atoms with Crippen LogP contribution in [0.25, 0.3) is 0 Å². The minimum atomic E-state index is 0.255. The predicted molar refractivity (Wildman–Crippen MR) is 60.7 cm³/mol. The molecular weight excluding hydrogens is 188 g/mol. The smallest absolute Gasteiger partial charge is 0.129 e. The molecule has 0 radical (unpaired) electrons. The molecule has 0 saturated heterocycles. The second kappa shape index (κ2) is 3.06. The predicted octanol–water partition coefficient (Wildman–Crippen LogP) is 1.16. The Morgan fingerprint density at radius 3 is 3.14 bits per heavy atom. The summed E-state index contributed by atoms with van der Waals surface area (Å²) in [6.45, 7) is 0. The molecule has 0 aromatic heterocycles. The van der Waals surface area contributed by atoms with E-state index in [0.717, 1.165) is 17.9 Å². The number of fused-ring (bicyclic) bond motifs is 2. The number of rotatable bonds is 0. The third-order valence-corrected chi connectivity index (χ3v) is 4.16. The molecule has 68 valence electrons. The van der Waals surface area contributed by atoms with Gasteiger partial charge in [-0.25, -0.2) is 0 Å². The number of benzene rings is 1. The van der Waals surface area contributed by atoms with Crippen LogP contribution in [0.1, 0.15) is 6.42 Å². The minimum absolute atomic E-state index is 0.255. The number of hydrogen-bond acceptors (Lipinski definition) is 1. The van der Waals surface area contributed by atoms with E-state index in [2.05, 4.69) is 36.4 Å². The highest BCUT2D eigenvalue weighted by Gasteiger charge is 2.16. The molecule has 1 nitrogen and oxygen atoms in total. The van der Waals surface area contributed by atoms with Gasteiger partial charge in [0, 0.05) is 9.13 Å². The van der Waals surface area contributed by atoms with Gasteiger partial charge in [-0.05, 0) is 28.9 Å². The van der Waals surface area contributed by atoms with Crippen LogP contribution in [0.2, 0.25) is 0 Å². The average Bonchev–Trinajstić information content (AvgIpc) is 2.26. The second-order valence-electron chi connectivity index (χ2n) is 3.47. The number of para-hydroxylation sites is 1. The molecule has 0 N–H and O–H groups in total. The van der Waals surface area contributed by atoms with Crippen molar-refractivity contribution in [3.63, 3.8) is 0 Å². The Hall–Kier alpha value is -1.41. The molecule has 1 aliphatic heterocycles. The lowest BCUT2D eigenvalue weighted by atomic mass is 10.1.